The zero-order valence-electron chi connectivity index (χ0n) is 11.6. The molecule has 1 fully saturated rings. The molecule has 1 saturated heterocycles. The van der Waals surface area contributed by atoms with Crippen LogP contribution in [0, 0.1) is 0 Å². The lowest BCUT2D eigenvalue weighted by Gasteiger charge is -2.35. The minimum atomic E-state index is -1.60. The normalized spacial score (nSPS) is 18.0. The van der Waals surface area contributed by atoms with Crippen molar-refractivity contribution in [2.75, 3.05) is 13.1 Å². The molecule has 1 aromatic carbocycles. The molecule has 0 aromatic heterocycles. The molecule has 1 aliphatic rings. The van der Waals surface area contributed by atoms with Crippen molar-refractivity contribution in [3.05, 3.63) is 33.8 Å². The van der Waals surface area contributed by atoms with Gasteiger partial charge in [-0.25, -0.2) is 0 Å². The Balaban J connectivity index is 2.17. The predicted molar refractivity (Wildman–Crippen MR) is 92.6 cm³/mol. The van der Waals surface area contributed by atoms with Gasteiger partial charge in [0, 0.05) is 5.02 Å². The third kappa shape index (κ3) is 4.80. The highest BCUT2D eigenvalue weighted by Crippen LogP contribution is 2.29. The van der Waals surface area contributed by atoms with Gasteiger partial charge < -0.3 is 4.90 Å². The van der Waals surface area contributed by atoms with Crippen LogP contribution < -0.4 is 10.2 Å². The molecule has 0 saturated carbocycles. The molecular weight excluding hydrogens is 389 g/mol. The Labute approximate surface area is 154 Å². The summed E-state index contributed by atoms with van der Waals surface area (Å²) in [5, 5.41) is 3.53. The number of hydrogen-bond acceptors (Lipinski definition) is 1. The number of rotatable bonds is 3. The molecule has 1 amide bonds. The molecule has 1 aliphatic heterocycles. The lowest BCUT2D eigenvalue weighted by atomic mass is 10.1. The molecule has 1 aromatic rings. The number of halogens is 5. The summed E-state index contributed by atoms with van der Waals surface area (Å²) in [5.41, 5.74) is 0.307. The highest BCUT2D eigenvalue weighted by Gasteiger charge is 2.42. The molecule has 0 unspecified atom stereocenters. The summed E-state index contributed by atoms with van der Waals surface area (Å²) in [6, 6.07) is 4.66. The van der Waals surface area contributed by atoms with E-state index in [9.17, 15) is 4.79 Å². The van der Waals surface area contributed by atoms with Crippen molar-refractivity contribution in [1.82, 2.24) is 5.32 Å². The molecule has 0 bridgehead atoms. The summed E-state index contributed by atoms with van der Waals surface area (Å²) in [6.07, 6.45) is 2.62. The highest BCUT2D eigenvalue weighted by molar-refractivity contribution is 6.68. The largest absolute Gasteiger partial charge is 0.312 e. The Hall–Kier alpha value is 0.1000. The third-order valence-corrected chi connectivity index (χ3v) is 4.89. The SMILES string of the molecule is O=C(N[C@@H]([NH+]1CCCCC1)C(Cl)(Cl)Cl)c1ccc(Cl)cc1Cl. The molecule has 2 rings (SSSR count). The van der Waals surface area contributed by atoms with Crippen LogP contribution in [0.3, 0.4) is 0 Å². The van der Waals surface area contributed by atoms with Crippen molar-refractivity contribution in [2.24, 2.45) is 0 Å². The van der Waals surface area contributed by atoms with E-state index >= 15 is 0 Å². The van der Waals surface area contributed by atoms with Crippen molar-refractivity contribution in [1.29, 1.82) is 0 Å². The summed E-state index contributed by atoms with van der Waals surface area (Å²) >= 11 is 30.1. The number of piperidine rings is 1. The fourth-order valence-electron chi connectivity index (χ4n) is 2.59. The summed E-state index contributed by atoms with van der Waals surface area (Å²) in [5.74, 6) is -0.379. The summed E-state index contributed by atoms with van der Waals surface area (Å²) in [6.45, 7) is 1.71. The van der Waals surface area contributed by atoms with E-state index in [4.69, 9.17) is 58.0 Å². The van der Waals surface area contributed by atoms with E-state index < -0.39 is 9.96 Å². The van der Waals surface area contributed by atoms with E-state index in [1.54, 1.807) is 12.1 Å². The number of alkyl halides is 3. The van der Waals surface area contributed by atoms with Crippen molar-refractivity contribution in [3.63, 3.8) is 0 Å². The zero-order chi connectivity index (χ0) is 16.3. The van der Waals surface area contributed by atoms with Crippen LogP contribution in [0.15, 0.2) is 18.2 Å². The van der Waals surface area contributed by atoms with Gasteiger partial charge in [-0.15, -0.1) is 0 Å². The molecule has 0 radical (unpaired) electrons. The van der Waals surface area contributed by atoms with Crippen LogP contribution >= 0.6 is 58.0 Å². The highest BCUT2D eigenvalue weighted by atomic mass is 35.6. The quantitative estimate of drug-likeness (QED) is 0.742. The number of quaternary nitrogens is 1. The Morgan fingerprint density at radius 1 is 1.14 bits per heavy atom. The molecule has 2 N–H and O–H groups in total. The van der Waals surface area contributed by atoms with Crippen LogP contribution in [0.1, 0.15) is 29.6 Å². The Morgan fingerprint density at radius 3 is 2.32 bits per heavy atom. The van der Waals surface area contributed by atoms with Gasteiger partial charge in [0.2, 0.25) is 6.17 Å². The number of nitrogens with one attached hydrogen (secondary N) is 2. The minimum absolute atomic E-state index is 0.265. The van der Waals surface area contributed by atoms with Gasteiger partial charge in [0.05, 0.1) is 23.7 Å². The topological polar surface area (TPSA) is 33.5 Å². The first kappa shape index (κ1) is 18.4. The lowest BCUT2D eigenvalue weighted by Crippen LogP contribution is -3.20. The fourth-order valence-corrected chi connectivity index (χ4v) is 3.71. The van der Waals surface area contributed by atoms with Crippen LogP contribution in [0.25, 0.3) is 0 Å². The first-order chi connectivity index (χ1) is 10.3. The number of hydrogen-bond donors (Lipinski definition) is 2. The zero-order valence-corrected chi connectivity index (χ0v) is 15.4. The second kappa shape index (κ2) is 7.78. The third-order valence-electron chi connectivity index (χ3n) is 3.68. The summed E-state index contributed by atoms with van der Waals surface area (Å²) in [7, 11) is 0. The number of amides is 1. The maximum absolute atomic E-state index is 12.4. The van der Waals surface area contributed by atoms with Crippen molar-refractivity contribution >= 4 is 63.9 Å². The smallest absolute Gasteiger partial charge is 0.262 e. The maximum Gasteiger partial charge on any atom is 0.262 e. The molecule has 22 heavy (non-hydrogen) atoms. The number of benzene rings is 1. The van der Waals surface area contributed by atoms with E-state index in [-0.39, 0.29) is 10.9 Å². The van der Waals surface area contributed by atoms with Gasteiger partial charge in [-0.3, -0.25) is 10.1 Å². The van der Waals surface area contributed by atoms with Crippen molar-refractivity contribution in [3.8, 4) is 0 Å². The molecule has 1 atom stereocenters. The van der Waals surface area contributed by atoms with E-state index in [1.807, 2.05) is 0 Å². The van der Waals surface area contributed by atoms with Crippen molar-refractivity contribution < 1.29 is 9.69 Å². The predicted octanol–water partition coefficient (Wildman–Crippen LogP) is 3.49. The first-order valence-electron chi connectivity index (χ1n) is 6.96. The Bertz CT molecular complexity index is 541. The van der Waals surface area contributed by atoms with Crippen molar-refractivity contribution in [2.45, 2.75) is 29.2 Å². The summed E-state index contributed by atoms with van der Waals surface area (Å²) in [4.78, 5) is 13.5. The van der Waals surface area contributed by atoms with Crippen LogP contribution in [0.2, 0.25) is 10.0 Å². The van der Waals surface area contributed by atoms with E-state index in [0.717, 1.165) is 37.3 Å². The van der Waals surface area contributed by atoms with Gasteiger partial charge in [0.1, 0.15) is 0 Å². The lowest BCUT2D eigenvalue weighted by molar-refractivity contribution is -0.931. The van der Waals surface area contributed by atoms with E-state index in [1.165, 1.54) is 6.07 Å². The molecule has 0 aliphatic carbocycles. The summed E-state index contributed by atoms with van der Waals surface area (Å²) < 4.78 is -1.60. The number of likely N-dealkylation sites (tertiary alicyclic amines) is 1. The van der Waals surface area contributed by atoms with Gasteiger partial charge >= 0.3 is 0 Å². The Morgan fingerprint density at radius 2 is 1.77 bits per heavy atom. The van der Waals surface area contributed by atoms with Crippen LogP contribution in [0.4, 0.5) is 0 Å². The fraction of sp³-hybridized carbons (Fsp3) is 0.500. The first-order valence-corrected chi connectivity index (χ1v) is 8.85. The molecule has 122 valence electrons. The monoisotopic (exact) mass is 403 g/mol. The van der Waals surface area contributed by atoms with Crippen LogP contribution in [-0.2, 0) is 0 Å². The number of carbonyl (C=O) groups is 1. The van der Waals surface area contributed by atoms with Gasteiger partial charge in [-0.2, -0.15) is 0 Å². The molecule has 0 spiro atoms. The average Bonchev–Trinajstić information content (AvgIpc) is 2.44. The molecular formula is C14H16Cl5N2O+. The van der Waals surface area contributed by atoms with Gasteiger partial charge in [-0.1, -0.05) is 58.0 Å². The van der Waals surface area contributed by atoms with Gasteiger partial charge in [0.25, 0.3) is 9.70 Å². The van der Waals surface area contributed by atoms with Gasteiger partial charge in [0.15, 0.2) is 0 Å². The minimum Gasteiger partial charge on any atom is -0.312 e. The second-order valence-corrected chi connectivity index (χ2v) is 8.50. The van der Waals surface area contributed by atoms with Gasteiger partial charge in [-0.05, 0) is 37.5 Å². The van der Waals surface area contributed by atoms with Crippen LogP contribution in [0.5, 0.6) is 0 Å². The Kier molecular flexibility index (Phi) is 6.52. The molecule has 8 heteroatoms. The van der Waals surface area contributed by atoms with E-state index in [2.05, 4.69) is 5.32 Å². The average molecular weight is 406 g/mol. The van der Waals surface area contributed by atoms with Crippen LogP contribution in [-0.4, -0.2) is 29.0 Å². The molecule has 3 nitrogen and oxygen atoms in total. The maximum atomic E-state index is 12.4. The second-order valence-electron chi connectivity index (χ2n) is 5.29. The molecule has 1 heterocycles. The number of carbonyl (C=O) groups excluding carboxylic acids is 1. The van der Waals surface area contributed by atoms with E-state index in [0.29, 0.717) is 10.6 Å². The standard InChI is InChI=1S/C14H15Cl5N2O/c15-9-4-5-10(11(16)8-9)12(22)20-13(14(17,18)19)21-6-2-1-3-7-21/h4-5,8,13H,1-3,6-7H2,(H,20,22)/p+1/t13-/m0/s1.